The first-order valence-corrected chi connectivity index (χ1v) is 9.73. The SMILES string of the molecule is O=COC(=O)C(Cl)(Cl)CCCCCCCCCCC(Cl)(Cl)C(=O)OC=O. The van der Waals surface area contributed by atoms with E-state index in [1.165, 1.54) is 0 Å². The summed E-state index contributed by atoms with van der Waals surface area (Å²) in [5.74, 6) is -1.91. The highest BCUT2D eigenvalue weighted by molar-refractivity contribution is 6.58. The highest BCUT2D eigenvalue weighted by Gasteiger charge is 2.35. The van der Waals surface area contributed by atoms with Gasteiger partial charge in [0.15, 0.2) is 0 Å². The van der Waals surface area contributed by atoms with Gasteiger partial charge in [0, 0.05) is 0 Å². The largest absolute Gasteiger partial charge is 0.393 e. The predicted molar refractivity (Wildman–Crippen MR) is 99.4 cm³/mol. The summed E-state index contributed by atoms with van der Waals surface area (Å²) in [6, 6.07) is 0. The van der Waals surface area contributed by atoms with Crippen molar-refractivity contribution in [2.24, 2.45) is 0 Å². The van der Waals surface area contributed by atoms with Crippen LogP contribution in [0.25, 0.3) is 0 Å². The van der Waals surface area contributed by atoms with Crippen molar-refractivity contribution >= 4 is 71.3 Å². The summed E-state index contributed by atoms with van der Waals surface area (Å²) in [7, 11) is 0. The van der Waals surface area contributed by atoms with Gasteiger partial charge >= 0.3 is 24.9 Å². The van der Waals surface area contributed by atoms with Crippen LogP contribution in [0.4, 0.5) is 0 Å². The first-order valence-electron chi connectivity index (χ1n) is 8.22. The lowest BCUT2D eigenvalue weighted by molar-refractivity contribution is -0.153. The molecule has 0 amide bonds. The molecular formula is C16H22Cl4O6. The van der Waals surface area contributed by atoms with Crippen LogP contribution in [0.15, 0.2) is 0 Å². The first kappa shape index (κ1) is 25.4. The molecule has 0 aromatic rings. The second-order valence-electron chi connectivity index (χ2n) is 5.74. The minimum atomic E-state index is -1.69. The molecule has 0 saturated heterocycles. The maximum Gasteiger partial charge on any atom is 0.350 e. The zero-order valence-electron chi connectivity index (χ0n) is 14.2. The van der Waals surface area contributed by atoms with Crippen molar-refractivity contribution in [1.29, 1.82) is 0 Å². The quantitative estimate of drug-likeness (QED) is 0.118. The average molecular weight is 452 g/mol. The average Bonchev–Trinajstić information content (AvgIpc) is 2.56. The van der Waals surface area contributed by atoms with Crippen molar-refractivity contribution in [3.05, 3.63) is 0 Å². The van der Waals surface area contributed by atoms with Crippen molar-refractivity contribution < 1.29 is 28.7 Å². The van der Waals surface area contributed by atoms with Gasteiger partial charge in [-0.2, -0.15) is 0 Å². The van der Waals surface area contributed by atoms with Gasteiger partial charge in [-0.1, -0.05) is 84.9 Å². The van der Waals surface area contributed by atoms with Gasteiger partial charge in [-0.05, 0) is 25.7 Å². The standard InChI is InChI=1S/C16H22Cl4O6/c17-15(18,13(23)25-11-21)9-7-5-3-1-2-4-6-8-10-16(19,20)14(24)26-12-22/h11-12H,1-10H2. The van der Waals surface area contributed by atoms with Gasteiger partial charge in [-0.15, -0.1) is 0 Å². The molecule has 0 atom stereocenters. The van der Waals surface area contributed by atoms with Gasteiger partial charge in [0.25, 0.3) is 0 Å². The summed E-state index contributed by atoms with van der Waals surface area (Å²) < 4.78 is 4.90. The Morgan fingerprint density at radius 1 is 0.615 bits per heavy atom. The Morgan fingerprint density at radius 2 is 0.885 bits per heavy atom. The van der Waals surface area contributed by atoms with Crippen LogP contribution in [0, 0.1) is 0 Å². The highest BCUT2D eigenvalue weighted by atomic mass is 35.5. The monoisotopic (exact) mass is 450 g/mol. The van der Waals surface area contributed by atoms with Crippen LogP contribution in [-0.2, 0) is 28.7 Å². The molecule has 0 aromatic heterocycles. The van der Waals surface area contributed by atoms with Gasteiger partial charge in [-0.3, -0.25) is 9.59 Å². The minimum Gasteiger partial charge on any atom is -0.393 e. The number of ether oxygens (including phenoxy) is 2. The highest BCUT2D eigenvalue weighted by Crippen LogP contribution is 2.30. The molecule has 0 N–H and O–H groups in total. The second-order valence-corrected chi connectivity index (χ2v) is 8.71. The molecule has 0 unspecified atom stereocenters. The lowest BCUT2D eigenvalue weighted by Crippen LogP contribution is -2.28. The molecular weight excluding hydrogens is 430 g/mol. The van der Waals surface area contributed by atoms with E-state index in [0.717, 1.165) is 38.5 Å². The van der Waals surface area contributed by atoms with Crippen LogP contribution in [0.3, 0.4) is 0 Å². The molecule has 10 heteroatoms. The van der Waals surface area contributed by atoms with Gasteiger partial charge < -0.3 is 9.47 Å². The lowest BCUT2D eigenvalue weighted by Gasteiger charge is -2.15. The van der Waals surface area contributed by atoms with Crippen molar-refractivity contribution in [2.45, 2.75) is 72.9 Å². The summed E-state index contributed by atoms with van der Waals surface area (Å²) in [4.78, 5) is 42.8. The Bertz CT molecular complexity index is 426. The molecule has 0 fully saturated rings. The van der Waals surface area contributed by atoms with Crippen LogP contribution in [0.2, 0.25) is 0 Å². The van der Waals surface area contributed by atoms with E-state index in [0.29, 0.717) is 12.8 Å². The van der Waals surface area contributed by atoms with E-state index in [4.69, 9.17) is 46.4 Å². The van der Waals surface area contributed by atoms with Crippen LogP contribution in [0.5, 0.6) is 0 Å². The maximum absolute atomic E-state index is 11.3. The summed E-state index contributed by atoms with van der Waals surface area (Å²) in [5.41, 5.74) is 0. The number of halogens is 4. The molecule has 26 heavy (non-hydrogen) atoms. The molecule has 0 bridgehead atoms. The number of esters is 2. The van der Waals surface area contributed by atoms with E-state index >= 15 is 0 Å². The summed E-state index contributed by atoms with van der Waals surface area (Å²) in [6.07, 6.45) is 7.30. The fourth-order valence-corrected chi connectivity index (χ4v) is 2.93. The third kappa shape index (κ3) is 11.2. The first-order chi connectivity index (χ1) is 12.2. The van der Waals surface area contributed by atoms with E-state index < -0.39 is 20.6 Å². The molecule has 0 rings (SSSR count). The van der Waals surface area contributed by atoms with Gasteiger partial charge in [-0.25, -0.2) is 9.59 Å². The molecule has 0 aliphatic heterocycles. The van der Waals surface area contributed by atoms with E-state index in [9.17, 15) is 19.2 Å². The molecule has 0 radical (unpaired) electrons. The second kappa shape index (κ2) is 13.6. The molecule has 0 aliphatic carbocycles. The lowest BCUT2D eigenvalue weighted by atomic mass is 10.0. The summed E-state index contributed by atoms with van der Waals surface area (Å²) in [6.45, 7) is 0.0110. The van der Waals surface area contributed by atoms with Crippen molar-refractivity contribution in [2.75, 3.05) is 0 Å². The van der Waals surface area contributed by atoms with Crippen molar-refractivity contribution in [3.8, 4) is 0 Å². The van der Waals surface area contributed by atoms with Crippen molar-refractivity contribution in [3.63, 3.8) is 0 Å². The molecule has 6 nitrogen and oxygen atoms in total. The molecule has 150 valence electrons. The summed E-state index contributed by atoms with van der Waals surface area (Å²) in [5, 5.41) is 0. The Balaban J connectivity index is 3.65. The fraction of sp³-hybridized carbons (Fsp3) is 0.750. The molecule has 0 saturated carbocycles. The number of carbonyl (C=O) groups excluding carboxylic acids is 4. The maximum atomic E-state index is 11.3. The number of alkyl halides is 4. The Labute approximate surface area is 172 Å². The molecule has 0 aromatic carbocycles. The van der Waals surface area contributed by atoms with Gasteiger partial charge in [0.1, 0.15) is 0 Å². The normalized spacial score (nSPS) is 11.7. The van der Waals surface area contributed by atoms with E-state index in [-0.39, 0.29) is 25.8 Å². The van der Waals surface area contributed by atoms with Crippen LogP contribution in [0.1, 0.15) is 64.2 Å². The number of hydrogen-bond acceptors (Lipinski definition) is 6. The third-order valence-corrected chi connectivity index (χ3v) is 5.01. The number of unbranched alkanes of at least 4 members (excludes halogenated alkanes) is 7. The number of carbonyl (C=O) groups is 4. The fourth-order valence-electron chi connectivity index (χ4n) is 2.22. The predicted octanol–water partition coefficient (Wildman–Crippen LogP) is 4.63. The Hall–Kier alpha value is -0.560. The number of hydrogen-bond donors (Lipinski definition) is 0. The van der Waals surface area contributed by atoms with Crippen LogP contribution in [-0.4, -0.2) is 33.5 Å². The van der Waals surface area contributed by atoms with Crippen LogP contribution >= 0.6 is 46.4 Å². The van der Waals surface area contributed by atoms with Gasteiger partial charge in [0.2, 0.25) is 8.67 Å². The Morgan fingerprint density at radius 3 is 1.15 bits per heavy atom. The topological polar surface area (TPSA) is 86.7 Å². The zero-order chi connectivity index (χ0) is 20.1. The summed E-state index contributed by atoms with van der Waals surface area (Å²) >= 11 is 23.2. The Kier molecular flexibility index (Phi) is 13.3. The number of rotatable bonds is 15. The van der Waals surface area contributed by atoms with E-state index in [2.05, 4.69) is 9.47 Å². The zero-order valence-corrected chi connectivity index (χ0v) is 17.2. The van der Waals surface area contributed by atoms with E-state index in [1.54, 1.807) is 0 Å². The van der Waals surface area contributed by atoms with Crippen LogP contribution < -0.4 is 0 Å². The molecule has 0 heterocycles. The third-order valence-electron chi connectivity index (χ3n) is 3.64. The smallest absolute Gasteiger partial charge is 0.350 e. The molecule has 0 spiro atoms. The van der Waals surface area contributed by atoms with E-state index in [1.807, 2.05) is 0 Å². The van der Waals surface area contributed by atoms with Crippen molar-refractivity contribution in [1.82, 2.24) is 0 Å². The van der Waals surface area contributed by atoms with Gasteiger partial charge in [0.05, 0.1) is 0 Å². The molecule has 0 aliphatic rings. The minimum absolute atomic E-state index is 0.00552.